The molecule has 0 aliphatic heterocycles. The van der Waals surface area contributed by atoms with E-state index in [1.165, 1.54) is 32.9 Å². The number of aliphatic hydroxyl groups is 2. The molecule has 1 aromatic rings. The number of carbonyl (C=O) groups excluding carboxylic acids is 6. The van der Waals surface area contributed by atoms with Crippen LogP contribution >= 0.6 is 0 Å². The molecule has 3 rings (SSSR count). The van der Waals surface area contributed by atoms with Gasteiger partial charge in [-0.2, -0.15) is 0 Å². The number of fused-ring (bicyclic) bond motifs is 1. The van der Waals surface area contributed by atoms with E-state index in [9.17, 15) is 39.0 Å². The third-order valence-corrected chi connectivity index (χ3v) is 9.56. The number of esters is 6. The van der Waals surface area contributed by atoms with Crippen molar-refractivity contribution in [1.82, 2.24) is 0 Å². The summed E-state index contributed by atoms with van der Waals surface area (Å²) in [4.78, 5) is 78.0. The molecule has 1 fully saturated rings. The van der Waals surface area contributed by atoms with Crippen molar-refractivity contribution in [1.29, 1.82) is 0 Å². The Morgan fingerprint density at radius 1 is 0.774 bits per heavy atom. The zero-order chi connectivity index (χ0) is 40.2. The first-order valence-corrected chi connectivity index (χ1v) is 17.4. The fourth-order valence-corrected chi connectivity index (χ4v) is 7.30. The van der Waals surface area contributed by atoms with E-state index in [0.717, 1.165) is 27.7 Å². The van der Waals surface area contributed by atoms with Crippen LogP contribution in [0.25, 0.3) is 0 Å². The Bertz CT molecular complexity index is 1600. The van der Waals surface area contributed by atoms with Crippen molar-refractivity contribution in [3.05, 3.63) is 60.2 Å². The maximum atomic E-state index is 13.8. The van der Waals surface area contributed by atoms with E-state index in [-0.39, 0.29) is 11.1 Å². The molecular weight excluding hydrogens is 692 g/mol. The maximum Gasteiger partial charge on any atom is 0.338 e. The van der Waals surface area contributed by atoms with E-state index in [1.54, 1.807) is 51.1 Å². The molecule has 2 N–H and O–H groups in total. The highest BCUT2D eigenvalue weighted by molar-refractivity contribution is 5.89. The van der Waals surface area contributed by atoms with Crippen molar-refractivity contribution >= 4 is 35.8 Å². The standard InChI is InChI=1S/C39H52O14/c1-20(2)35(45)51-31-22(4)30(48-23(5)40)28-33(52-36(46)27-15-13-12-14-16-27)38(11,53-26(8)43)19-39(28,47)32(49-24(6)41)21(3)17-18-37(9,10)34(29(31)44)50-25(7)42/h12-18,20-21,28-34,44,47H,4,19H2,1-3,5-11H3/b18-17+/t21-,28+,29-,30+,31+,32+,33-,34-,38-,39-/m1/s1. The first-order valence-electron chi connectivity index (χ1n) is 17.4. The highest BCUT2D eigenvalue weighted by Gasteiger charge is 2.70. The Morgan fingerprint density at radius 2 is 1.32 bits per heavy atom. The van der Waals surface area contributed by atoms with Crippen molar-refractivity contribution in [2.75, 3.05) is 0 Å². The summed E-state index contributed by atoms with van der Waals surface area (Å²) in [6, 6.07) is 7.80. The molecule has 0 amide bonds. The Balaban J connectivity index is 2.51. The Hall–Kier alpha value is -4.56. The molecule has 0 spiro atoms. The molecule has 53 heavy (non-hydrogen) atoms. The van der Waals surface area contributed by atoms with Gasteiger partial charge in [0.15, 0.2) is 12.2 Å². The lowest BCUT2D eigenvalue weighted by atomic mass is 9.71. The molecule has 2 aliphatic rings. The fourth-order valence-electron chi connectivity index (χ4n) is 7.30. The van der Waals surface area contributed by atoms with Crippen molar-refractivity contribution < 1.29 is 67.4 Å². The van der Waals surface area contributed by atoms with Gasteiger partial charge in [-0.1, -0.05) is 71.5 Å². The van der Waals surface area contributed by atoms with Crippen LogP contribution in [-0.2, 0) is 52.4 Å². The van der Waals surface area contributed by atoms with E-state index in [0.29, 0.717) is 0 Å². The molecule has 0 aromatic heterocycles. The molecule has 0 radical (unpaired) electrons. The Labute approximate surface area is 309 Å². The van der Waals surface area contributed by atoms with Crippen LogP contribution < -0.4 is 0 Å². The molecule has 0 heterocycles. The number of carbonyl (C=O) groups is 6. The normalized spacial score (nSPS) is 33.2. The average molecular weight is 745 g/mol. The second-order valence-electron chi connectivity index (χ2n) is 15.0. The molecule has 10 atom stereocenters. The maximum absolute atomic E-state index is 13.8. The molecule has 2 aliphatic carbocycles. The lowest BCUT2D eigenvalue weighted by molar-refractivity contribution is -0.194. The van der Waals surface area contributed by atoms with Crippen LogP contribution in [-0.4, -0.2) is 93.9 Å². The summed E-state index contributed by atoms with van der Waals surface area (Å²) in [5.41, 5.74) is -5.69. The third-order valence-electron chi connectivity index (χ3n) is 9.56. The summed E-state index contributed by atoms with van der Waals surface area (Å²) in [5.74, 6) is -8.37. The number of benzene rings is 1. The lowest BCUT2D eigenvalue weighted by Gasteiger charge is -2.45. The van der Waals surface area contributed by atoms with E-state index < -0.39 is 113 Å². The molecule has 0 bridgehead atoms. The largest absolute Gasteiger partial charge is 0.459 e. The summed E-state index contributed by atoms with van der Waals surface area (Å²) >= 11 is 0. The molecule has 14 heteroatoms. The van der Waals surface area contributed by atoms with Gasteiger partial charge in [0, 0.05) is 51.0 Å². The third kappa shape index (κ3) is 9.71. The zero-order valence-electron chi connectivity index (χ0n) is 31.9. The second-order valence-corrected chi connectivity index (χ2v) is 15.0. The summed E-state index contributed by atoms with van der Waals surface area (Å²) in [7, 11) is 0. The van der Waals surface area contributed by atoms with Crippen LogP contribution in [0.3, 0.4) is 0 Å². The van der Waals surface area contributed by atoms with Gasteiger partial charge in [-0.25, -0.2) is 4.79 Å². The lowest BCUT2D eigenvalue weighted by Crippen LogP contribution is -2.59. The van der Waals surface area contributed by atoms with Gasteiger partial charge in [-0.05, 0) is 19.1 Å². The number of hydrogen-bond donors (Lipinski definition) is 2. The molecule has 0 unspecified atom stereocenters. The van der Waals surface area contributed by atoms with Gasteiger partial charge in [-0.15, -0.1) is 0 Å². The van der Waals surface area contributed by atoms with Crippen molar-refractivity contribution in [3.8, 4) is 0 Å². The minimum Gasteiger partial charge on any atom is -0.459 e. The first-order chi connectivity index (χ1) is 24.4. The average Bonchev–Trinajstić information content (AvgIpc) is 3.26. The molecule has 1 saturated carbocycles. The molecule has 292 valence electrons. The van der Waals surface area contributed by atoms with Gasteiger partial charge in [0.1, 0.15) is 35.6 Å². The number of aliphatic hydroxyl groups excluding tert-OH is 1. The summed E-state index contributed by atoms with van der Waals surface area (Å²) in [6.45, 7) is 17.9. The van der Waals surface area contributed by atoms with Gasteiger partial charge in [-0.3, -0.25) is 24.0 Å². The molecule has 14 nitrogen and oxygen atoms in total. The highest BCUT2D eigenvalue weighted by Crippen LogP contribution is 2.54. The van der Waals surface area contributed by atoms with Crippen LogP contribution in [0, 0.1) is 23.2 Å². The minimum absolute atomic E-state index is 0.0857. The Kier molecular flexibility index (Phi) is 13.4. The molecular formula is C39H52O14. The van der Waals surface area contributed by atoms with E-state index in [1.807, 2.05) is 0 Å². The number of ether oxygens (including phenoxy) is 6. The monoisotopic (exact) mass is 744 g/mol. The topological polar surface area (TPSA) is 198 Å². The number of hydrogen-bond acceptors (Lipinski definition) is 14. The van der Waals surface area contributed by atoms with Crippen LogP contribution in [0.15, 0.2) is 54.6 Å². The predicted octanol–water partition coefficient (Wildman–Crippen LogP) is 3.80. The van der Waals surface area contributed by atoms with Gasteiger partial charge in [0.05, 0.1) is 17.4 Å². The SMILES string of the molecule is C=C1[C@H](OC(=O)C(C)C)[C@@H](O)[C@@H](OC(C)=O)C(C)(C)/C=C/[C@@H](C)[C@H](OC(C)=O)[C@@]2(O)C[C@@](C)(OC(C)=O)[C@H](OC(=O)c3ccccc3)[C@@H]2[C@H]1OC(C)=O. The van der Waals surface area contributed by atoms with Crippen molar-refractivity contribution in [2.45, 2.75) is 123 Å². The number of rotatable bonds is 8. The van der Waals surface area contributed by atoms with Crippen LogP contribution in [0.5, 0.6) is 0 Å². The summed E-state index contributed by atoms with van der Waals surface area (Å²) < 4.78 is 35.1. The van der Waals surface area contributed by atoms with E-state index in [4.69, 9.17) is 28.4 Å². The minimum atomic E-state index is -2.36. The van der Waals surface area contributed by atoms with Crippen LogP contribution in [0.2, 0.25) is 0 Å². The van der Waals surface area contributed by atoms with Crippen molar-refractivity contribution in [3.63, 3.8) is 0 Å². The molecule has 0 saturated heterocycles. The van der Waals surface area contributed by atoms with E-state index in [2.05, 4.69) is 6.58 Å². The Morgan fingerprint density at radius 3 is 1.83 bits per heavy atom. The predicted molar refractivity (Wildman–Crippen MR) is 187 cm³/mol. The van der Waals surface area contributed by atoms with Crippen LogP contribution in [0.1, 0.15) is 86.0 Å². The summed E-state index contributed by atoms with van der Waals surface area (Å²) in [6.07, 6.45) is -7.41. The van der Waals surface area contributed by atoms with Gasteiger partial charge in [0.25, 0.3) is 0 Å². The van der Waals surface area contributed by atoms with Gasteiger partial charge < -0.3 is 38.6 Å². The first kappa shape index (κ1) is 42.8. The quantitative estimate of drug-likeness (QED) is 0.221. The smallest absolute Gasteiger partial charge is 0.338 e. The highest BCUT2D eigenvalue weighted by atomic mass is 16.6. The van der Waals surface area contributed by atoms with Crippen molar-refractivity contribution in [2.24, 2.45) is 23.2 Å². The fraction of sp³-hybridized carbons (Fsp3) is 0.590. The second kappa shape index (κ2) is 16.6. The zero-order valence-corrected chi connectivity index (χ0v) is 31.9. The van der Waals surface area contributed by atoms with E-state index >= 15 is 0 Å². The summed E-state index contributed by atoms with van der Waals surface area (Å²) in [5, 5.41) is 25.2. The van der Waals surface area contributed by atoms with Gasteiger partial charge >= 0.3 is 35.8 Å². The molecule has 1 aromatic carbocycles. The van der Waals surface area contributed by atoms with Crippen LogP contribution in [0.4, 0.5) is 0 Å². The van der Waals surface area contributed by atoms with Gasteiger partial charge in [0.2, 0.25) is 0 Å².